The van der Waals surface area contributed by atoms with Gasteiger partial charge in [0, 0.05) is 113 Å². The van der Waals surface area contributed by atoms with Crippen molar-refractivity contribution in [3.63, 3.8) is 0 Å². The number of carbonyl (C=O) groups is 5. The number of H-pyrrole nitrogens is 5. The fraction of sp³-hybridized carbons (Fsp3) is 0.143. The monoisotopic (exact) mass is 1670 g/mol. The molecule has 3 fully saturated rings. The van der Waals surface area contributed by atoms with E-state index in [0.29, 0.717) is 102 Å². The summed E-state index contributed by atoms with van der Waals surface area (Å²) >= 11 is 1.66. The second kappa shape index (κ2) is 34.9. The first kappa shape index (κ1) is 80.8. The van der Waals surface area contributed by atoms with Crippen LogP contribution >= 0.6 is 11.3 Å². The predicted octanol–water partition coefficient (Wildman–Crippen LogP) is 18.9. The van der Waals surface area contributed by atoms with Crippen molar-refractivity contribution in [2.45, 2.75) is 51.1 Å². The highest BCUT2D eigenvalue weighted by molar-refractivity contribution is 7.22. The van der Waals surface area contributed by atoms with Crippen LogP contribution in [0.5, 0.6) is 11.5 Å². The Bertz CT molecular complexity index is 6880. The number of aromatic nitrogens is 10. The molecule has 614 valence electrons. The Kier molecular flexibility index (Phi) is 23.1. The number of amides is 4. The lowest BCUT2D eigenvalue weighted by Crippen LogP contribution is -2.25. The number of benzene rings is 11. The zero-order valence-electron chi connectivity index (χ0n) is 64.8. The topological polar surface area (TPSA) is 342 Å². The molecular weight excluding hydrogens is 1600 g/mol. The summed E-state index contributed by atoms with van der Waals surface area (Å²) in [5, 5.41) is 59.8. The highest BCUT2D eigenvalue weighted by atomic mass is 32.1. The maximum Gasteiger partial charge on any atom is 0.338 e. The lowest BCUT2D eigenvalue weighted by atomic mass is 10.0. The van der Waals surface area contributed by atoms with Crippen molar-refractivity contribution in [1.29, 1.82) is 0 Å². The van der Waals surface area contributed by atoms with Crippen molar-refractivity contribution in [1.82, 2.24) is 66.9 Å². The number of aromatic carboxylic acids is 1. The smallest absolute Gasteiger partial charge is 0.338 e. The molecule has 3 saturated carbocycles. The number of rotatable bonds is 18. The number of aromatic amines is 5. The maximum atomic E-state index is 14.3. The number of nitrogens with two attached hydrogens (primary N) is 1. The van der Waals surface area contributed by atoms with Crippen molar-refractivity contribution in [3.05, 3.63) is 281 Å². The van der Waals surface area contributed by atoms with Crippen LogP contribution in [-0.4, -0.2) is 112 Å². The number of halogens is 7. The predicted molar refractivity (Wildman–Crippen MR) is 452 cm³/mol. The van der Waals surface area contributed by atoms with E-state index in [1.165, 1.54) is 82.9 Å². The van der Waals surface area contributed by atoms with Crippen LogP contribution in [0.4, 0.5) is 42.1 Å². The Labute approximate surface area is 692 Å². The summed E-state index contributed by atoms with van der Waals surface area (Å²) in [6.07, 6.45) is 5.79. The van der Waals surface area contributed by atoms with Crippen LogP contribution in [0.25, 0.3) is 120 Å². The first-order valence-electron chi connectivity index (χ1n) is 38.5. The molecule has 0 saturated heterocycles. The fourth-order valence-corrected chi connectivity index (χ4v) is 14.9. The number of thiophene rings is 1. The Hall–Kier alpha value is -15.0. The average Bonchev–Trinajstić information content (AvgIpc) is 1.60. The van der Waals surface area contributed by atoms with Crippen molar-refractivity contribution < 1.29 is 69.3 Å². The summed E-state index contributed by atoms with van der Waals surface area (Å²) < 4.78 is 108. The van der Waals surface area contributed by atoms with Crippen LogP contribution in [0.15, 0.2) is 212 Å². The van der Waals surface area contributed by atoms with Crippen molar-refractivity contribution in [3.8, 4) is 67.1 Å². The van der Waals surface area contributed by atoms with Crippen LogP contribution < -0.4 is 36.5 Å². The molecule has 31 heteroatoms. The molecule has 4 amide bonds. The number of anilines is 2. The van der Waals surface area contributed by atoms with Gasteiger partial charge in [0.15, 0.2) is 11.6 Å². The number of nitrogen functional groups attached to an aromatic ring is 1. The van der Waals surface area contributed by atoms with Gasteiger partial charge in [-0.2, -0.15) is 25.5 Å². The molecular formula is C91H72F7N15O8S. The number of carbonyl (C=O) groups excluding carboxylic acids is 4. The van der Waals surface area contributed by atoms with Gasteiger partial charge in [0.05, 0.1) is 64.0 Å². The van der Waals surface area contributed by atoms with Crippen molar-refractivity contribution >= 4 is 117 Å². The number of carboxylic acids is 1. The number of nitrogens with one attached hydrogen (secondary N) is 9. The van der Waals surface area contributed by atoms with Crippen LogP contribution in [0.1, 0.15) is 85.5 Å². The molecule has 11 aromatic carbocycles. The SMILES string of the molecule is COc1cccc(C(=O)NCc2cc3c(-c4cccc(F)c4)n[nH]c3cc2OC)c1.Nc1cc2c(-c3cc4ccccc4s3)n[nH]c2cc1F.O=C(NC1CC1)c1cc(F)c2n[nH]c(-c3cccc(F)c3)c2c1.O=C(NCC1CC1)c1cc(F)c2n[nH]c(-c3cccc(F)c3)c2c1.O=C(O)c1c(NC(=O)C2CC2)ccc2[nH]nc(-c3cccc(F)c3)c12. The summed E-state index contributed by atoms with van der Waals surface area (Å²) in [4.78, 5) is 61.9. The minimum Gasteiger partial charge on any atom is -0.497 e. The standard InChI is InChI=1S/C23H20FN3O3.C18H15F2N3O.C18H14FN3O3.C17H13F2N3O.C15H10FN3S/c1-29-18-8-4-6-15(10-18)23(28)25-13-16-11-19-20(12-21(16)30-2)26-27-22(19)14-5-3-7-17(24)9-14;19-13-3-1-2-11(6-13)16-14-7-12(8-15(20)17(14)23-22-16)18(24)21-9-10-4-5-10;19-11-3-1-2-10(8-11)16-14-13(21-22-16)7-6-12(15(14)18(24)25)20-17(23)9-4-5-9;18-11-3-1-2-9(6-11)15-13-7-10(17(23)20-12-4-5-12)8-14(19)16(13)22-21-15;16-10-7-12-9(6-11(10)17)15(19-18-12)14-5-8-3-1-2-4-13(8)20-14/h3-12H,13H2,1-2H3,(H,25,28)(H,26,27);1-3,6-8,10H,4-5,9H2,(H,21,24)(H,22,23);1-3,6-9H,4-5H2,(H,20,23)(H,21,22)(H,24,25);1-3,6-8,12H,4-5H2,(H,20,23)(H,21,22);1-7H,17H2,(H,18,19). The third-order valence-electron chi connectivity index (χ3n) is 20.6. The van der Waals surface area contributed by atoms with Gasteiger partial charge >= 0.3 is 5.97 Å². The van der Waals surface area contributed by atoms with Gasteiger partial charge in [-0.15, -0.1) is 11.3 Å². The normalized spacial score (nSPS) is 12.8. The zero-order valence-corrected chi connectivity index (χ0v) is 65.6. The van der Waals surface area contributed by atoms with E-state index in [9.17, 15) is 59.8 Å². The number of hydrogen-bond donors (Lipinski definition) is 11. The quantitative estimate of drug-likeness (QED) is 0.0281. The molecule has 6 heterocycles. The van der Waals surface area contributed by atoms with Crippen molar-refractivity contribution in [2.75, 3.05) is 31.8 Å². The molecule has 12 N–H and O–H groups in total. The Morgan fingerprint density at radius 3 is 1.63 bits per heavy atom. The fourth-order valence-electron chi connectivity index (χ4n) is 13.8. The summed E-state index contributed by atoms with van der Waals surface area (Å²) in [6, 6.07) is 56.7. The molecule has 0 radical (unpaired) electrons. The van der Waals surface area contributed by atoms with Gasteiger partial charge in [0.2, 0.25) is 5.91 Å². The number of fused-ring (bicyclic) bond motifs is 6. The summed E-state index contributed by atoms with van der Waals surface area (Å²) in [7, 11) is 3.12. The molecule has 20 rings (SSSR count). The molecule has 122 heavy (non-hydrogen) atoms. The van der Waals surface area contributed by atoms with Gasteiger partial charge in [0.1, 0.15) is 68.7 Å². The number of ether oxygens (including phenoxy) is 2. The van der Waals surface area contributed by atoms with E-state index in [1.807, 2.05) is 24.3 Å². The lowest BCUT2D eigenvalue weighted by Gasteiger charge is -2.11. The maximum absolute atomic E-state index is 14.3. The van der Waals surface area contributed by atoms with E-state index >= 15 is 0 Å². The average molecular weight is 1670 g/mol. The van der Waals surface area contributed by atoms with Gasteiger partial charge < -0.3 is 41.6 Å². The number of carboxylic acid groups (broad SMARTS) is 1. The highest BCUT2D eigenvalue weighted by Gasteiger charge is 2.32. The van der Waals surface area contributed by atoms with Gasteiger partial charge in [-0.1, -0.05) is 72.8 Å². The second-order valence-electron chi connectivity index (χ2n) is 29.2. The van der Waals surface area contributed by atoms with E-state index in [1.54, 1.807) is 123 Å². The van der Waals surface area contributed by atoms with Crippen LogP contribution in [0.2, 0.25) is 0 Å². The van der Waals surface area contributed by atoms with Crippen LogP contribution in [-0.2, 0) is 11.3 Å². The Morgan fingerprint density at radius 1 is 0.484 bits per heavy atom. The Balaban J connectivity index is 0.000000114. The highest BCUT2D eigenvalue weighted by Crippen LogP contribution is 2.41. The van der Waals surface area contributed by atoms with E-state index in [-0.39, 0.29) is 87.0 Å². The molecule has 6 aromatic heterocycles. The first-order valence-corrected chi connectivity index (χ1v) is 39.3. The summed E-state index contributed by atoms with van der Waals surface area (Å²) in [5.41, 5.74) is 14.8. The minimum absolute atomic E-state index is 0.0515. The van der Waals surface area contributed by atoms with Crippen LogP contribution in [0.3, 0.4) is 0 Å². The third-order valence-corrected chi connectivity index (χ3v) is 21.7. The first-order chi connectivity index (χ1) is 59.1. The number of methoxy groups -OCH3 is 2. The summed E-state index contributed by atoms with van der Waals surface area (Å²) in [6.45, 7) is 0.865. The number of nitrogens with zero attached hydrogens (tertiary/aromatic N) is 5. The molecule has 3 aliphatic carbocycles. The minimum atomic E-state index is -1.18. The molecule has 0 bridgehead atoms. The van der Waals surface area contributed by atoms with Crippen molar-refractivity contribution in [2.24, 2.45) is 11.8 Å². The van der Waals surface area contributed by atoms with Gasteiger partial charge in [-0.05, 0) is 177 Å². The number of hydrogen-bond acceptors (Lipinski definition) is 14. The van der Waals surface area contributed by atoms with E-state index in [2.05, 4.69) is 90.5 Å². The van der Waals surface area contributed by atoms with Gasteiger partial charge in [-0.3, -0.25) is 44.7 Å². The second-order valence-corrected chi connectivity index (χ2v) is 30.3. The van der Waals surface area contributed by atoms with E-state index in [0.717, 1.165) is 70.9 Å². The molecule has 17 aromatic rings. The van der Waals surface area contributed by atoms with Gasteiger partial charge in [-0.25, -0.2) is 35.5 Å². The molecule has 0 unspecified atom stereocenters. The largest absolute Gasteiger partial charge is 0.497 e. The van der Waals surface area contributed by atoms with Gasteiger partial charge in [0.25, 0.3) is 17.7 Å². The Morgan fingerprint density at radius 2 is 1.04 bits per heavy atom. The van der Waals surface area contributed by atoms with Crippen LogP contribution in [0, 0.1) is 52.6 Å². The molecule has 0 aliphatic heterocycles. The van der Waals surface area contributed by atoms with E-state index in [4.69, 9.17) is 15.2 Å². The lowest BCUT2D eigenvalue weighted by molar-refractivity contribution is -0.117. The molecule has 0 spiro atoms. The molecule has 0 atom stereocenters. The zero-order chi connectivity index (χ0) is 85.0. The van der Waals surface area contributed by atoms with E-state index < -0.39 is 40.9 Å². The summed E-state index contributed by atoms with van der Waals surface area (Å²) in [5.74, 6) is -3.65. The molecule has 23 nitrogen and oxygen atoms in total. The molecule has 3 aliphatic rings. The third kappa shape index (κ3) is 18.0.